The zero-order valence-electron chi connectivity index (χ0n) is 14.4. The summed E-state index contributed by atoms with van der Waals surface area (Å²) in [5.74, 6) is -1.19. The van der Waals surface area contributed by atoms with Crippen LogP contribution >= 0.6 is 0 Å². The third kappa shape index (κ3) is 3.28. The molecular formula is C18H14F3N5O2. The van der Waals surface area contributed by atoms with Gasteiger partial charge in [0.2, 0.25) is 0 Å². The number of nitrogens with one attached hydrogen (secondary N) is 2. The summed E-state index contributed by atoms with van der Waals surface area (Å²) < 4.78 is 41.4. The molecule has 0 saturated carbocycles. The van der Waals surface area contributed by atoms with E-state index >= 15 is 0 Å². The number of carbonyl (C=O) groups excluding carboxylic acids is 1. The average molecular weight is 389 g/mol. The molecule has 0 bridgehead atoms. The quantitative estimate of drug-likeness (QED) is 0.720. The second kappa shape index (κ2) is 6.63. The fourth-order valence-corrected chi connectivity index (χ4v) is 3.26. The maximum atomic E-state index is 13.6. The van der Waals surface area contributed by atoms with Gasteiger partial charge in [0.1, 0.15) is 0 Å². The molecule has 7 nitrogen and oxygen atoms in total. The van der Waals surface area contributed by atoms with Crippen LogP contribution in [0, 0.1) is 0 Å². The number of anilines is 1. The normalized spacial score (nSPS) is 13.4. The van der Waals surface area contributed by atoms with E-state index in [9.17, 15) is 22.8 Å². The molecule has 2 N–H and O–H groups in total. The van der Waals surface area contributed by atoms with Gasteiger partial charge in [-0.1, -0.05) is 6.07 Å². The van der Waals surface area contributed by atoms with Crippen molar-refractivity contribution in [1.82, 2.24) is 20.0 Å². The molecule has 1 amide bonds. The van der Waals surface area contributed by atoms with Gasteiger partial charge in [-0.3, -0.25) is 9.59 Å². The van der Waals surface area contributed by atoms with E-state index in [2.05, 4.69) is 15.5 Å². The highest BCUT2D eigenvalue weighted by Gasteiger charge is 2.41. The fraction of sp³-hybridized carbons (Fsp3) is 0.222. The monoisotopic (exact) mass is 389 g/mol. The number of nitrogens with zero attached hydrogens (tertiary/aromatic N) is 3. The third-order valence-corrected chi connectivity index (χ3v) is 4.52. The van der Waals surface area contributed by atoms with E-state index in [1.54, 1.807) is 12.1 Å². The number of H-pyrrole nitrogens is 1. The third-order valence-electron chi connectivity index (χ3n) is 4.52. The van der Waals surface area contributed by atoms with E-state index in [0.29, 0.717) is 10.4 Å². The van der Waals surface area contributed by atoms with Gasteiger partial charge in [0.25, 0.3) is 11.5 Å². The lowest BCUT2D eigenvalue weighted by Crippen LogP contribution is -2.21. The molecule has 0 spiro atoms. The Balaban J connectivity index is 1.70. The Morgan fingerprint density at radius 2 is 1.93 bits per heavy atom. The lowest BCUT2D eigenvalue weighted by atomic mass is 10.1. The molecular weight excluding hydrogens is 375 g/mol. The first-order valence-electron chi connectivity index (χ1n) is 8.47. The highest BCUT2D eigenvalue weighted by Crippen LogP contribution is 2.34. The number of aryl methyl sites for hydroxylation is 2. The standard InChI is InChI=1S/C18H14F3N5O2/c19-18(20,21)16-13(9-22-26(16)14-6-7-15(27)25-24-14)17(28)23-12-5-4-10-2-1-3-11(10)8-12/h4-9H,1-3H2,(H,23,28)(H,25,27). The van der Waals surface area contributed by atoms with Crippen molar-refractivity contribution in [3.05, 3.63) is 69.3 Å². The van der Waals surface area contributed by atoms with Crippen LogP contribution < -0.4 is 10.9 Å². The molecule has 2 aromatic heterocycles. The van der Waals surface area contributed by atoms with E-state index in [1.807, 2.05) is 11.2 Å². The molecule has 10 heteroatoms. The number of halogens is 3. The number of carbonyl (C=O) groups is 1. The second-order valence-electron chi connectivity index (χ2n) is 6.39. The molecule has 0 fully saturated rings. The summed E-state index contributed by atoms with van der Waals surface area (Å²) in [6, 6.07) is 7.43. The minimum Gasteiger partial charge on any atom is -0.322 e. The summed E-state index contributed by atoms with van der Waals surface area (Å²) in [5, 5.41) is 11.8. The smallest absolute Gasteiger partial charge is 0.322 e. The van der Waals surface area contributed by atoms with Crippen LogP contribution in [0.4, 0.5) is 18.9 Å². The van der Waals surface area contributed by atoms with Crippen molar-refractivity contribution in [3.8, 4) is 5.82 Å². The summed E-state index contributed by atoms with van der Waals surface area (Å²) in [7, 11) is 0. The molecule has 0 saturated heterocycles. The van der Waals surface area contributed by atoms with Gasteiger partial charge in [-0.2, -0.15) is 23.4 Å². The van der Waals surface area contributed by atoms with Crippen LogP contribution in [-0.4, -0.2) is 25.9 Å². The minimum atomic E-state index is -4.86. The van der Waals surface area contributed by atoms with Gasteiger partial charge in [-0.05, 0) is 48.6 Å². The van der Waals surface area contributed by atoms with E-state index in [4.69, 9.17) is 0 Å². The molecule has 3 aromatic rings. The number of aromatic amines is 1. The number of hydrogen-bond donors (Lipinski definition) is 2. The van der Waals surface area contributed by atoms with Crippen LogP contribution in [0.2, 0.25) is 0 Å². The molecule has 144 valence electrons. The van der Waals surface area contributed by atoms with Gasteiger partial charge in [0, 0.05) is 11.8 Å². The van der Waals surface area contributed by atoms with Crippen molar-refractivity contribution in [2.75, 3.05) is 5.32 Å². The molecule has 0 aliphatic heterocycles. The lowest BCUT2D eigenvalue weighted by molar-refractivity contribution is -0.143. The maximum Gasteiger partial charge on any atom is 0.434 e. The fourth-order valence-electron chi connectivity index (χ4n) is 3.26. The van der Waals surface area contributed by atoms with Crippen LogP contribution in [-0.2, 0) is 19.0 Å². The van der Waals surface area contributed by atoms with Crippen LogP contribution in [0.3, 0.4) is 0 Å². The van der Waals surface area contributed by atoms with Crippen molar-refractivity contribution in [1.29, 1.82) is 0 Å². The molecule has 1 aliphatic rings. The Morgan fingerprint density at radius 3 is 2.64 bits per heavy atom. The highest BCUT2D eigenvalue weighted by atomic mass is 19.4. The van der Waals surface area contributed by atoms with Gasteiger partial charge in [0.05, 0.1) is 11.8 Å². The predicted molar refractivity (Wildman–Crippen MR) is 93.4 cm³/mol. The van der Waals surface area contributed by atoms with Gasteiger partial charge < -0.3 is 5.32 Å². The van der Waals surface area contributed by atoms with Crippen molar-refractivity contribution >= 4 is 11.6 Å². The average Bonchev–Trinajstić information content (AvgIpc) is 3.28. The lowest BCUT2D eigenvalue weighted by Gasteiger charge is -2.12. The summed E-state index contributed by atoms with van der Waals surface area (Å²) in [5.41, 5.74) is 0.215. The summed E-state index contributed by atoms with van der Waals surface area (Å²) in [6.07, 6.45) is -1.18. The molecule has 28 heavy (non-hydrogen) atoms. The number of benzene rings is 1. The number of amides is 1. The van der Waals surface area contributed by atoms with Crippen LogP contribution in [0.5, 0.6) is 0 Å². The predicted octanol–water partition coefficient (Wildman–Crippen LogP) is 2.72. The van der Waals surface area contributed by atoms with Crippen molar-refractivity contribution in [3.63, 3.8) is 0 Å². The second-order valence-corrected chi connectivity index (χ2v) is 6.39. The first kappa shape index (κ1) is 18.0. The Bertz CT molecular complexity index is 1100. The molecule has 0 unspecified atom stereocenters. The Morgan fingerprint density at radius 1 is 1.14 bits per heavy atom. The molecule has 1 aromatic carbocycles. The minimum absolute atomic E-state index is 0.261. The molecule has 0 atom stereocenters. The van der Waals surface area contributed by atoms with E-state index in [1.165, 1.54) is 5.56 Å². The van der Waals surface area contributed by atoms with Crippen molar-refractivity contribution in [2.24, 2.45) is 0 Å². The first-order valence-corrected chi connectivity index (χ1v) is 8.47. The maximum absolute atomic E-state index is 13.6. The SMILES string of the molecule is O=C(Nc1ccc2c(c1)CCC2)c1cnn(-c2ccc(=O)[nH]n2)c1C(F)(F)F. The summed E-state index contributed by atoms with van der Waals surface area (Å²) >= 11 is 0. The molecule has 4 rings (SSSR count). The molecule has 2 heterocycles. The highest BCUT2D eigenvalue weighted by molar-refractivity contribution is 6.05. The Hall–Kier alpha value is -3.43. The van der Waals surface area contributed by atoms with Crippen molar-refractivity contribution in [2.45, 2.75) is 25.4 Å². The van der Waals surface area contributed by atoms with Crippen LogP contribution in [0.1, 0.15) is 33.6 Å². The van der Waals surface area contributed by atoms with Gasteiger partial charge in [-0.25, -0.2) is 9.78 Å². The summed E-state index contributed by atoms with van der Waals surface area (Å²) in [6.45, 7) is 0. The number of rotatable bonds is 3. The largest absolute Gasteiger partial charge is 0.434 e. The van der Waals surface area contributed by atoms with Crippen LogP contribution in [0.25, 0.3) is 5.82 Å². The summed E-state index contributed by atoms with van der Waals surface area (Å²) in [4.78, 5) is 23.6. The molecule has 0 radical (unpaired) electrons. The van der Waals surface area contributed by atoms with Gasteiger partial charge >= 0.3 is 6.18 Å². The number of aromatic nitrogens is 4. The zero-order valence-corrected chi connectivity index (χ0v) is 14.4. The zero-order chi connectivity index (χ0) is 19.9. The van der Waals surface area contributed by atoms with E-state index in [0.717, 1.165) is 43.2 Å². The van der Waals surface area contributed by atoms with Crippen molar-refractivity contribution < 1.29 is 18.0 Å². The van der Waals surface area contributed by atoms with E-state index < -0.39 is 28.9 Å². The van der Waals surface area contributed by atoms with Crippen LogP contribution in [0.15, 0.2) is 41.3 Å². The Kier molecular flexibility index (Phi) is 4.25. The first-order chi connectivity index (χ1) is 13.3. The number of alkyl halides is 3. The molecule has 1 aliphatic carbocycles. The number of fused-ring (bicyclic) bond motifs is 1. The Labute approximate surface area is 156 Å². The van der Waals surface area contributed by atoms with Gasteiger partial charge in [-0.15, -0.1) is 0 Å². The number of hydrogen-bond acceptors (Lipinski definition) is 4. The van der Waals surface area contributed by atoms with Gasteiger partial charge in [0.15, 0.2) is 11.5 Å². The topological polar surface area (TPSA) is 92.7 Å². The van der Waals surface area contributed by atoms with E-state index in [-0.39, 0.29) is 5.82 Å².